The number of hydrogen-bond acceptors (Lipinski definition) is 2. The molecule has 2 saturated heterocycles. The fraction of sp³-hybridized carbons (Fsp3) is 0.600. The minimum absolute atomic E-state index is 0.0708. The molecule has 0 radical (unpaired) electrons. The molecule has 18 heavy (non-hydrogen) atoms. The highest BCUT2D eigenvalue weighted by atomic mass is 19.1. The second kappa shape index (κ2) is 4.98. The maximum atomic E-state index is 13.7. The third-order valence-electron chi connectivity index (χ3n) is 4.40. The molecule has 98 valence electrons. The van der Waals surface area contributed by atoms with Crippen molar-refractivity contribution in [3.8, 4) is 0 Å². The number of nitrogens with zero attached hydrogens (tertiary/aromatic N) is 2. The first-order valence-electron chi connectivity index (χ1n) is 6.95. The number of benzene rings is 1. The summed E-state index contributed by atoms with van der Waals surface area (Å²) in [6.07, 6.45) is 2.63. The average molecular weight is 248 g/mol. The van der Waals surface area contributed by atoms with E-state index in [-0.39, 0.29) is 5.82 Å². The summed E-state index contributed by atoms with van der Waals surface area (Å²) in [6.45, 7) is 6.49. The van der Waals surface area contributed by atoms with Gasteiger partial charge in [0.25, 0.3) is 0 Å². The summed E-state index contributed by atoms with van der Waals surface area (Å²) in [6, 6.07) is 8.38. The number of piperazine rings is 1. The maximum Gasteiger partial charge on any atom is 0.127 e. The van der Waals surface area contributed by atoms with Crippen LogP contribution in [0.3, 0.4) is 0 Å². The van der Waals surface area contributed by atoms with Gasteiger partial charge in [0.15, 0.2) is 0 Å². The second-order valence-corrected chi connectivity index (χ2v) is 5.66. The van der Waals surface area contributed by atoms with Crippen molar-refractivity contribution in [3.05, 3.63) is 35.6 Å². The Labute approximate surface area is 108 Å². The van der Waals surface area contributed by atoms with Gasteiger partial charge < -0.3 is 0 Å². The summed E-state index contributed by atoms with van der Waals surface area (Å²) in [7, 11) is 0. The fourth-order valence-electron chi connectivity index (χ4n) is 3.31. The summed E-state index contributed by atoms with van der Waals surface area (Å²) >= 11 is 0. The molecule has 3 rings (SSSR count). The first-order valence-corrected chi connectivity index (χ1v) is 6.95. The summed E-state index contributed by atoms with van der Waals surface area (Å²) in [5, 5.41) is 0. The summed E-state index contributed by atoms with van der Waals surface area (Å²) in [5.41, 5.74) is 0.829. The van der Waals surface area contributed by atoms with Crippen molar-refractivity contribution in [3.63, 3.8) is 0 Å². The second-order valence-electron chi connectivity index (χ2n) is 5.66. The van der Waals surface area contributed by atoms with Crippen LogP contribution in [0.4, 0.5) is 4.39 Å². The third kappa shape index (κ3) is 2.29. The number of fused-ring (bicyclic) bond motifs is 1. The molecule has 0 N–H and O–H groups in total. The van der Waals surface area contributed by atoms with E-state index < -0.39 is 0 Å². The van der Waals surface area contributed by atoms with Gasteiger partial charge in [0, 0.05) is 37.3 Å². The molecular weight excluding hydrogens is 227 g/mol. The van der Waals surface area contributed by atoms with Gasteiger partial charge in [0.05, 0.1) is 0 Å². The highest BCUT2D eigenvalue weighted by Crippen LogP contribution is 2.26. The topological polar surface area (TPSA) is 6.48 Å². The van der Waals surface area contributed by atoms with E-state index in [9.17, 15) is 4.39 Å². The Balaban J connectivity index is 1.71. The van der Waals surface area contributed by atoms with E-state index in [1.165, 1.54) is 19.4 Å². The molecule has 0 spiro atoms. The van der Waals surface area contributed by atoms with Gasteiger partial charge in [-0.1, -0.05) is 18.2 Å². The highest BCUT2D eigenvalue weighted by Gasteiger charge is 2.34. The van der Waals surface area contributed by atoms with Crippen LogP contribution in [-0.2, 0) is 6.54 Å². The molecule has 0 amide bonds. The first kappa shape index (κ1) is 12.1. The van der Waals surface area contributed by atoms with Crippen LogP contribution in [0.2, 0.25) is 0 Å². The minimum Gasteiger partial charge on any atom is -0.298 e. The number of hydrogen-bond donors (Lipinski definition) is 0. The first-order chi connectivity index (χ1) is 8.74. The van der Waals surface area contributed by atoms with Crippen LogP contribution in [0.15, 0.2) is 24.3 Å². The van der Waals surface area contributed by atoms with Crippen molar-refractivity contribution in [2.75, 3.05) is 19.6 Å². The third-order valence-corrected chi connectivity index (χ3v) is 4.40. The Morgan fingerprint density at radius 2 is 2.11 bits per heavy atom. The van der Waals surface area contributed by atoms with E-state index in [1.54, 1.807) is 12.1 Å². The number of rotatable bonds is 2. The highest BCUT2D eigenvalue weighted by molar-refractivity contribution is 5.17. The Bertz CT molecular complexity index is 421. The molecule has 1 aromatic carbocycles. The summed E-state index contributed by atoms with van der Waals surface area (Å²) < 4.78 is 13.7. The Morgan fingerprint density at radius 1 is 1.28 bits per heavy atom. The predicted molar refractivity (Wildman–Crippen MR) is 70.9 cm³/mol. The summed E-state index contributed by atoms with van der Waals surface area (Å²) in [5.74, 6) is -0.0708. The van der Waals surface area contributed by atoms with E-state index in [1.807, 2.05) is 12.1 Å². The average Bonchev–Trinajstić information content (AvgIpc) is 2.79. The van der Waals surface area contributed by atoms with Gasteiger partial charge in [-0.2, -0.15) is 0 Å². The van der Waals surface area contributed by atoms with E-state index >= 15 is 0 Å². The molecule has 2 nitrogen and oxygen atoms in total. The molecule has 2 fully saturated rings. The quantitative estimate of drug-likeness (QED) is 0.793. The smallest absolute Gasteiger partial charge is 0.127 e. The molecule has 2 aliphatic rings. The fourth-order valence-corrected chi connectivity index (χ4v) is 3.31. The summed E-state index contributed by atoms with van der Waals surface area (Å²) in [4.78, 5) is 5.04. The molecule has 0 aromatic heterocycles. The van der Waals surface area contributed by atoms with Crippen LogP contribution in [0.25, 0.3) is 0 Å². The van der Waals surface area contributed by atoms with Gasteiger partial charge in [-0.15, -0.1) is 0 Å². The van der Waals surface area contributed by atoms with E-state index in [0.717, 1.165) is 25.2 Å². The van der Waals surface area contributed by atoms with Crippen LogP contribution < -0.4 is 0 Å². The Kier molecular flexibility index (Phi) is 3.35. The maximum absolute atomic E-state index is 13.7. The van der Waals surface area contributed by atoms with Gasteiger partial charge >= 0.3 is 0 Å². The largest absolute Gasteiger partial charge is 0.298 e. The van der Waals surface area contributed by atoms with Crippen LogP contribution >= 0.6 is 0 Å². The SMILES string of the molecule is C[C@@H]1CN2CCCC2CN1Cc1ccccc1F. The van der Waals surface area contributed by atoms with E-state index in [4.69, 9.17) is 0 Å². The Hall–Kier alpha value is -0.930. The van der Waals surface area contributed by atoms with Crippen molar-refractivity contribution in [1.82, 2.24) is 9.80 Å². The van der Waals surface area contributed by atoms with Crippen molar-refractivity contribution >= 4 is 0 Å². The van der Waals surface area contributed by atoms with Crippen LogP contribution in [0, 0.1) is 5.82 Å². The van der Waals surface area contributed by atoms with Gasteiger partial charge in [-0.05, 0) is 32.4 Å². The van der Waals surface area contributed by atoms with E-state index in [0.29, 0.717) is 12.1 Å². The van der Waals surface area contributed by atoms with Crippen molar-refractivity contribution in [2.45, 2.75) is 38.4 Å². The molecule has 2 heterocycles. The van der Waals surface area contributed by atoms with Crippen LogP contribution in [0.5, 0.6) is 0 Å². The monoisotopic (exact) mass is 248 g/mol. The van der Waals surface area contributed by atoms with Crippen molar-refractivity contribution in [1.29, 1.82) is 0 Å². The van der Waals surface area contributed by atoms with Crippen LogP contribution in [0.1, 0.15) is 25.3 Å². The van der Waals surface area contributed by atoms with Crippen LogP contribution in [-0.4, -0.2) is 41.5 Å². The van der Waals surface area contributed by atoms with E-state index in [2.05, 4.69) is 16.7 Å². The molecule has 2 atom stereocenters. The Morgan fingerprint density at radius 3 is 2.94 bits per heavy atom. The molecule has 2 aliphatic heterocycles. The zero-order valence-electron chi connectivity index (χ0n) is 11.0. The lowest BCUT2D eigenvalue weighted by molar-refractivity contribution is 0.0533. The lowest BCUT2D eigenvalue weighted by Crippen LogP contribution is -2.54. The predicted octanol–water partition coefficient (Wildman–Crippen LogP) is 2.49. The van der Waals surface area contributed by atoms with Gasteiger partial charge in [0.1, 0.15) is 5.82 Å². The molecular formula is C15H21FN2. The number of halogens is 1. The standard InChI is InChI=1S/C15H21FN2/c1-12-9-17-8-4-6-14(17)11-18(12)10-13-5-2-3-7-15(13)16/h2-3,5,7,12,14H,4,6,8-11H2,1H3/t12-,14?/m1/s1. The van der Waals surface area contributed by atoms with Crippen molar-refractivity contribution in [2.24, 2.45) is 0 Å². The van der Waals surface area contributed by atoms with Crippen molar-refractivity contribution < 1.29 is 4.39 Å². The zero-order valence-corrected chi connectivity index (χ0v) is 11.0. The normalized spacial score (nSPS) is 29.4. The van der Waals surface area contributed by atoms with Gasteiger partial charge in [-0.3, -0.25) is 9.80 Å². The lowest BCUT2D eigenvalue weighted by atomic mass is 10.1. The molecule has 3 heteroatoms. The minimum atomic E-state index is -0.0708. The molecule has 0 saturated carbocycles. The van der Waals surface area contributed by atoms with Gasteiger partial charge in [0.2, 0.25) is 0 Å². The molecule has 0 aliphatic carbocycles. The molecule has 1 aromatic rings. The van der Waals surface area contributed by atoms with Gasteiger partial charge in [-0.25, -0.2) is 4.39 Å². The lowest BCUT2D eigenvalue weighted by Gasteiger charge is -2.42. The molecule has 0 bridgehead atoms. The molecule has 1 unspecified atom stereocenters. The zero-order chi connectivity index (χ0) is 12.5.